The van der Waals surface area contributed by atoms with Gasteiger partial charge in [-0.25, -0.2) is 0 Å². The second-order valence-corrected chi connectivity index (χ2v) is 16.0. The average Bonchev–Trinajstić information content (AvgIpc) is 2.95. The van der Waals surface area contributed by atoms with Crippen LogP contribution in [0.5, 0.6) is 0 Å². The van der Waals surface area contributed by atoms with Gasteiger partial charge in [-0.3, -0.25) is 4.98 Å². The van der Waals surface area contributed by atoms with E-state index >= 15 is 0 Å². The number of aromatic nitrogens is 1. The van der Waals surface area contributed by atoms with Crippen molar-refractivity contribution in [3.63, 3.8) is 0 Å². The van der Waals surface area contributed by atoms with E-state index < -0.39 is 25.7 Å². The number of carbonyl (C=O) groups is 1. The summed E-state index contributed by atoms with van der Waals surface area (Å²) in [6.07, 6.45) is 1.72. The van der Waals surface area contributed by atoms with E-state index in [0.29, 0.717) is 10.6 Å². The Balaban J connectivity index is 0.000000170. The first kappa shape index (κ1) is 25.7. The van der Waals surface area contributed by atoms with Crippen molar-refractivity contribution >= 4 is 48.2 Å². The minimum atomic E-state index is -1.98. The van der Waals surface area contributed by atoms with E-state index in [1.54, 1.807) is 24.4 Å². The Bertz CT molecular complexity index is 1260. The summed E-state index contributed by atoms with van der Waals surface area (Å²) in [6.45, 7) is 0. The molecule has 0 saturated carbocycles. The Morgan fingerprint density at radius 1 is 0.639 bits per heavy atom. The van der Waals surface area contributed by atoms with Crippen molar-refractivity contribution in [2.75, 3.05) is 0 Å². The molecule has 0 N–H and O–H groups in total. The maximum absolute atomic E-state index is 10.9. The molecule has 36 heavy (non-hydrogen) atoms. The number of nitrogens with zero attached hydrogens (tertiary/aromatic N) is 1. The van der Waals surface area contributed by atoms with Crippen LogP contribution in [0.1, 0.15) is 16.1 Å². The number of hydrogen-bond acceptors (Lipinski definition) is 4. The zero-order chi connectivity index (χ0) is 25.0. The van der Waals surface area contributed by atoms with E-state index in [-0.39, 0.29) is 5.56 Å². The van der Waals surface area contributed by atoms with Crippen LogP contribution in [0.25, 0.3) is 0 Å². The van der Waals surface area contributed by atoms with E-state index in [2.05, 4.69) is 96.0 Å². The summed E-state index contributed by atoms with van der Waals surface area (Å²) in [7, 11) is 0. The third-order valence-corrected chi connectivity index (χ3v) is 14.3. The molecule has 0 aliphatic rings. The molecule has 3 nitrogen and oxygen atoms in total. The molecule has 0 bridgehead atoms. The van der Waals surface area contributed by atoms with Crippen molar-refractivity contribution in [1.29, 1.82) is 0 Å². The number of carboxylic acid groups (broad SMARTS) is 1. The Morgan fingerprint density at radius 2 is 1.11 bits per heavy atom. The molecule has 5 heteroatoms. The van der Waals surface area contributed by atoms with E-state index in [0.717, 1.165) is 5.69 Å². The Labute approximate surface area is 223 Å². The van der Waals surface area contributed by atoms with Crippen LogP contribution in [-0.4, -0.2) is 30.7 Å². The fourth-order valence-corrected chi connectivity index (χ4v) is 12.0. The van der Waals surface area contributed by atoms with Gasteiger partial charge in [0.25, 0.3) is 0 Å². The third kappa shape index (κ3) is 7.32. The monoisotopic (exact) mass is 595 g/mol. The summed E-state index contributed by atoms with van der Waals surface area (Å²) in [5, 5.41) is 10.9. The number of benzene rings is 4. The number of carbonyl (C=O) groups excluding carboxylic acids is 1. The SMILES string of the molecule is O=C([O-])c1ccccc1SCc1ccccn1.c1cc[c]([Sn+]([c]2ccccc2)[c]2ccccc2)cc1. The van der Waals surface area contributed by atoms with Gasteiger partial charge in [-0.05, 0) is 18.2 Å². The molecule has 0 fully saturated rings. The number of hydrogen-bond donors (Lipinski definition) is 0. The number of pyridine rings is 1. The van der Waals surface area contributed by atoms with Gasteiger partial charge in [0.1, 0.15) is 0 Å². The molecule has 176 valence electrons. The number of thioether (sulfide) groups is 1. The molecule has 1 heterocycles. The quantitative estimate of drug-likeness (QED) is 0.212. The van der Waals surface area contributed by atoms with Crippen LogP contribution in [-0.2, 0) is 5.75 Å². The summed E-state index contributed by atoms with van der Waals surface area (Å²) in [5.41, 5.74) is 1.15. The van der Waals surface area contributed by atoms with Crippen molar-refractivity contribution in [1.82, 2.24) is 4.98 Å². The van der Waals surface area contributed by atoms with Crippen LogP contribution >= 0.6 is 11.8 Å². The normalized spacial score (nSPS) is 10.1. The molecule has 1 aromatic heterocycles. The van der Waals surface area contributed by atoms with E-state index in [1.807, 2.05) is 24.3 Å². The zero-order valence-electron chi connectivity index (χ0n) is 19.7. The second-order valence-electron chi connectivity index (χ2n) is 7.87. The maximum atomic E-state index is 10.9. The first-order valence-electron chi connectivity index (χ1n) is 11.6. The van der Waals surface area contributed by atoms with Gasteiger partial charge in [0.15, 0.2) is 0 Å². The fourth-order valence-electron chi connectivity index (χ4n) is 3.71. The topological polar surface area (TPSA) is 53.0 Å². The second kappa shape index (κ2) is 13.7. The van der Waals surface area contributed by atoms with Gasteiger partial charge < -0.3 is 9.90 Å². The molecule has 0 aliphatic heterocycles. The van der Waals surface area contributed by atoms with Crippen molar-refractivity contribution < 1.29 is 9.90 Å². The molecule has 0 saturated heterocycles. The minimum absolute atomic E-state index is 0.230. The summed E-state index contributed by atoms with van der Waals surface area (Å²) in [5.74, 6) is -0.500. The Hall–Kier alpha value is -3.35. The van der Waals surface area contributed by atoms with Gasteiger partial charge in [0.2, 0.25) is 0 Å². The standard InChI is InChI=1S/C13H11NO2S.3C6H5.Sn/c15-13(16)11-6-1-2-7-12(11)17-9-10-5-3-4-8-14-10;3*1-2-4-6-5-3-1;/h1-8H,9H2,(H,15,16);3*1-5H;/q;;;;+1/p-1. The van der Waals surface area contributed by atoms with Gasteiger partial charge in [-0.15, -0.1) is 11.8 Å². The van der Waals surface area contributed by atoms with Crippen molar-refractivity contribution in [3.05, 3.63) is 151 Å². The van der Waals surface area contributed by atoms with Crippen LogP contribution in [0.15, 0.2) is 145 Å². The van der Waals surface area contributed by atoms with Crippen molar-refractivity contribution in [2.24, 2.45) is 0 Å². The predicted octanol–water partition coefficient (Wildman–Crippen LogP) is 3.94. The molecule has 5 rings (SSSR count). The van der Waals surface area contributed by atoms with Crippen LogP contribution in [0.4, 0.5) is 0 Å². The Kier molecular flexibility index (Phi) is 9.77. The molecule has 0 unspecified atom stereocenters. The van der Waals surface area contributed by atoms with Gasteiger partial charge in [0, 0.05) is 22.4 Å². The van der Waals surface area contributed by atoms with Gasteiger partial charge in [-0.1, -0.05) is 24.3 Å². The fraction of sp³-hybridized carbons (Fsp3) is 0.0323. The number of carboxylic acids is 1. The molecule has 5 aromatic rings. The summed E-state index contributed by atoms with van der Waals surface area (Å²) >= 11 is -0.536. The summed E-state index contributed by atoms with van der Waals surface area (Å²) in [4.78, 5) is 15.8. The predicted molar refractivity (Wildman–Crippen MR) is 149 cm³/mol. The first-order valence-corrected chi connectivity index (χ1v) is 16.9. The van der Waals surface area contributed by atoms with Gasteiger partial charge >= 0.3 is 121 Å². The zero-order valence-corrected chi connectivity index (χ0v) is 23.3. The molecule has 0 aliphatic carbocycles. The molecule has 4 aromatic carbocycles. The average molecular weight is 594 g/mol. The van der Waals surface area contributed by atoms with Crippen LogP contribution in [0.3, 0.4) is 0 Å². The molecular weight excluding hydrogens is 569 g/mol. The van der Waals surface area contributed by atoms with E-state index in [4.69, 9.17) is 0 Å². The van der Waals surface area contributed by atoms with Crippen LogP contribution < -0.4 is 15.8 Å². The van der Waals surface area contributed by atoms with Gasteiger partial charge in [0.05, 0.1) is 11.7 Å². The molecular formula is C31H25NO2SSn. The molecule has 0 spiro atoms. The van der Waals surface area contributed by atoms with Crippen molar-refractivity contribution in [2.45, 2.75) is 10.6 Å². The number of rotatable bonds is 7. The van der Waals surface area contributed by atoms with Gasteiger partial charge in [-0.2, -0.15) is 0 Å². The van der Waals surface area contributed by atoms with Crippen LogP contribution in [0.2, 0.25) is 0 Å². The molecule has 0 radical (unpaired) electrons. The van der Waals surface area contributed by atoms with Crippen LogP contribution in [0, 0.1) is 0 Å². The first-order chi connectivity index (χ1) is 17.7. The third-order valence-electron chi connectivity index (χ3n) is 5.40. The summed E-state index contributed by atoms with van der Waals surface area (Å²) in [6, 6.07) is 45.4. The van der Waals surface area contributed by atoms with E-state index in [1.165, 1.54) is 22.5 Å². The number of aromatic carboxylic acids is 1. The Morgan fingerprint density at radius 3 is 1.58 bits per heavy atom. The van der Waals surface area contributed by atoms with E-state index in [9.17, 15) is 9.90 Å². The molecule has 0 atom stereocenters. The van der Waals surface area contributed by atoms with Crippen molar-refractivity contribution in [3.8, 4) is 0 Å². The molecule has 0 amide bonds. The summed E-state index contributed by atoms with van der Waals surface area (Å²) < 4.78 is 4.59.